The van der Waals surface area contributed by atoms with E-state index in [9.17, 15) is 9.59 Å². The molecule has 0 fully saturated rings. The molecule has 26 heavy (non-hydrogen) atoms. The van der Waals surface area contributed by atoms with Crippen molar-refractivity contribution in [3.63, 3.8) is 0 Å². The third-order valence-corrected chi connectivity index (χ3v) is 4.97. The number of hydrogen-bond donors (Lipinski definition) is 1. The number of allylic oxidation sites excluding steroid dienone is 6. The van der Waals surface area contributed by atoms with E-state index in [1.54, 1.807) is 47.4 Å². The number of amides is 1. The highest BCUT2D eigenvalue weighted by Crippen LogP contribution is 2.41. The number of pyridine rings is 2. The Bertz CT molecular complexity index is 1030. The molecule has 1 N–H and O–H groups in total. The van der Waals surface area contributed by atoms with Crippen molar-refractivity contribution < 1.29 is 4.79 Å². The summed E-state index contributed by atoms with van der Waals surface area (Å²) in [5.74, 6) is -0.434. The van der Waals surface area contributed by atoms with Crippen LogP contribution in [0.15, 0.2) is 76.0 Å². The molecule has 0 bridgehead atoms. The van der Waals surface area contributed by atoms with Crippen LogP contribution in [-0.2, 0) is 0 Å². The lowest BCUT2D eigenvalue weighted by Gasteiger charge is -2.14. The first-order chi connectivity index (χ1) is 12.6. The van der Waals surface area contributed by atoms with Crippen molar-refractivity contribution in [2.24, 2.45) is 0 Å². The average molecular weight is 366 g/mol. The third-order valence-electron chi connectivity index (χ3n) is 4.62. The van der Waals surface area contributed by atoms with Crippen LogP contribution >= 0.6 is 11.6 Å². The average Bonchev–Trinajstić information content (AvgIpc) is 3.08. The van der Waals surface area contributed by atoms with Crippen molar-refractivity contribution in [1.82, 2.24) is 9.55 Å². The maximum absolute atomic E-state index is 12.9. The van der Waals surface area contributed by atoms with Crippen LogP contribution in [0.3, 0.4) is 0 Å². The molecule has 2 aromatic heterocycles. The Labute approximate surface area is 155 Å². The summed E-state index contributed by atoms with van der Waals surface area (Å²) < 4.78 is 1.58. The molecule has 0 saturated heterocycles. The van der Waals surface area contributed by atoms with E-state index in [1.165, 1.54) is 0 Å². The quantitative estimate of drug-likeness (QED) is 0.895. The van der Waals surface area contributed by atoms with E-state index >= 15 is 0 Å². The number of nitrogens with one attached hydrogen (secondary N) is 1. The van der Waals surface area contributed by atoms with E-state index in [4.69, 9.17) is 11.6 Å². The molecule has 2 aliphatic carbocycles. The van der Waals surface area contributed by atoms with Gasteiger partial charge in [-0.05, 0) is 60.8 Å². The Morgan fingerprint density at radius 1 is 1.15 bits per heavy atom. The molecular formula is C20H16ClN3O2. The van der Waals surface area contributed by atoms with Gasteiger partial charge in [0.25, 0.3) is 11.5 Å². The van der Waals surface area contributed by atoms with E-state index in [0.717, 1.165) is 41.1 Å². The van der Waals surface area contributed by atoms with Gasteiger partial charge in [0.05, 0.1) is 0 Å². The van der Waals surface area contributed by atoms with Gasteiger partial charge in [-0.25, -0.2) is 0 Å². The minimum atomic E-state index is -0.434. The van der Waals surface area contributed by atoms with Gasteiger partial charge >= 0.3 is 0 Å². The molecule has 0 aromatic carbocycles. The fourth-order valence-electron chi connectivity index (χ4n) is 3.38. The first-order valence-corrected chi connectivity index (χ1v) is 8.74. The van der Waals surface area contributed by atoms with Gasteiger partial charge in [0.15, 0.2) is 0 Å². The van der Waals surface area contributed by atoms with E-state index in [-0.39, 0.29) is 11.1 Å². The van der Waals surface area contributed by atoms with E-state index in [2.05, 4.69) is 10.3 Å². The van der Waals surface area contributed by atoms with Gasteiger partial charge in [-0.1, -0.05) is 17.7 Å². The zero-order valence-corrected chi connectivity index (χ0v) is 14.7. The van der Waals surface area contributed by atoms with Crippen LogP contribution < -0.4 is 10.9 Å². The Kier molecular flexibility index (Phi) is 4.31. The summed E-state index contributed by atoms with van der Waals surface area (Å²) in [5, 5.41) is 3.47. The Hall–Kier alpha value is -2.92. The molecule has 0 saturated carbocycles. The van der Waals surface area contributed by atoms with Gasteiger partial charge in [-0.2, -0.15) is 0 Å². The largest absolute Gasteiger partial charge is 0.322 e. The van der Waals surface area contributed by atoms with Gasteiger partial charge in [-0.3, -0.25) is 19.1 Å². The van der Waals surface area contributed by atoms with E-state index < -0.39 is 5.91 Å². The number of rotatable bonds is 3. The summed E-state index contributed by atoms with van der Waals surface area (Å²) in [4.78, 5) is 29.4. The molecule has 0 radical (unpaired) electrons. The monoisotopic (exact) mass is 365 g/mol. The van der Waals surface area contributed by atoms with Crippen LogP contribution in [0.5, 0.6) is 0 Å². The third kappa shape index (κ3) is 2.91. The second-order valence-corrected chi connectivity index (χ2v) is 6.55. The smallest absolute Gasteiger partial charge is 0.267 e. The van der Waals surface area contributed by atoms with E-state index in [1.807, 2.05) is 12.2 Å². The number of fused-ring (bicyclic) bond motifs is 1. The molecule has 6 heteroatoms. The molecule has 0 aliphatic heterocycles. The number of anilines is 1. The van der Waals surface area contributed by atoms with Gasteiger partial charge in [0.2, 0.25) is 0 Å². The highest BCUT2D eigenvalue weighted by Gasteiger charge is 2.25. The maximum Gasteiger partial charge on any atom is 0.267 e. The van der Waals surface area contributed by atoms with Gasteiger partial charge in [0, 0.05) is 35.0 Å². The standard InChI is InChI=1S/C20H16ClN3O2/c21-17-5-1-3-15-14(17)6-7-18(15)24-12-2-4-16(20(24)26)19(25)23-13-8-10-22-11-9-13/h1-2,4-5,8-12H,3,6-7H2,(H,22,23,25). The van der Waals surface area contributed by atoms with Crippen molar-refractivity contribution in [2.45, 2.75) is 19.3 Å². The van der Waals surface area contributed by atoms with E-state index in [0.29, 0.717) is 5.69 Å². The van der Waals surface area contributed by atoms with Crippen LogP contribution in [0.2, 0.25) is 0 Å². The number of nitrogens with zero attached hydrogens (tertiary/aromatic N) is 2. The molecule has 1 amide bonds. The molecule has 4 rings (SSSR count). The molecule has 2 aliphatic rings. The predicted molar refractivity (Wildman–Crippen MR) is 102 cm³/mol. The molecule has 2 heterocycles. The summed E-state index contributed by atoms with van der Waals surface area (Å²) >= 11 is 6.28. The lowest BCUT2D eigenvalue weighted by Crippen LogP contribution is -2.28. The molecule has 0 unspecified atom stereocenters. The minimum absolute atomic E-state index is 0.104. The summed E-state index contributed by atoms with van der Waals surface area (Å²) in [5.41, 5.74) is 3.48. The van der Waals surface area contributed by atoms with Crippen molar-refractivity contribution in [2.75, 3.05) is 5.32 Å². The highest BCUT2D eigenvalue weighted by atomic mass is 35.5. The summed E-state index contributed by atoms with van der Waals surface area (Å²) in [6.45, 7) is 0. The molecule has 130 valence electrons. The fraction of sp³-hybridized carbons (Fsp3) is 0.150. The van der Waals surface area contributed by atoms with Crippen molar-refractivity contribution in [3.05, 3.63) is 87.1 Å². The first-order valence-electron chi connectivity index (χ1n) is 8.36. The van der Waals surface area contributed by atoms with Gasteiger partial charge in [0.1, 0.15) is 5.56 Å². The SMILES string of the molecule is O=C(Nc1ccncc1)c1cccn(C2=C3CC=CC(Cl)=C3CC2)c1=O. The topological polar surface area (TPSA) is 64.0 Å². The van der Waals surface area contributed by atoms with Crippen LogP contribution in [0, 0.1) is 0 Å². The fourth-order valence-corrected chi connectivity index (χ4v) is 3.68. The number of carbonyl (C=O) groups is 1. The molecule has 0 atom stereocenters. The molecular weight excluding hydrogens is 350 g/mol. The van der Waals surface area contributed by atoms with Crippen molar-refractivity contribution in [1.29, 1.82) is 0 Å². The number of halogens is 1. The summed E-state index contributed by atoms with van der Waals surface area (Å²) in [6.07, 6.45) is 11.1. The van der Waals surface area contributed by atoms with Gasteiger partial charge < -0.3 is 5.32 Å². The Balaban J connectivity index is 1.72. The van der Waals surface area contributed by atoms with Crippen LogP contribution in [0.1, 0.15) is 29.6 Å². The van der Waals surface area contributed by atoms with Crippen LogP contribution in [-0.4, -0.2) is 15.5 Å². The minimum Gasteiger partial charge on any atom is -0.322 e. The normalized spacial score (nSPS) is 16.0. The number of aromatic nitrogens is 2. The summed E-state index contributed by atoms with van der Waals surface area (Å²) in [6, 6.07) is 6.61. The maximum atomic E-state index is 12.9. The second kappa shape index (κ2) is 6.77. The van der Waals surface area contributed by atoms with Crippen LogP contribution in [0.25, 0.3) is 5.70 Å². The van der Waals surface area contributed by atoms with Gasteiger partial charge in [-0.15, -0.1) is 0 Å². The summed E-state index contributed by atoms with van der Waals surface area (Å²) in [7, 11) is 0. The predicted octanol–water partition coefficient (Wildman–Crippen LogP) is 3.95. The molecule has 2 aromatic rings. The lowest BCUT2D eigenvalue weighted by atomic mass is 10.0. The zero-order chi connectivity index (χ0) is 18.1. The lowest BCUT2D eigenvalue weighted by molar-refractivity contribution is 0.102. The highest BCUT2D eigenvalue weighted by molar-refractivity contribution is 6.32. The zero-order valence-electron chi connectivity index (χ0n) is 13.9. The first kappa shape index (κ1) is 16.5. The van der Waals surface area contributed by atoms with Crippen molar-refractivity contribution in [3.8, 4) is 0 Å². The molecule has 0 spiro atoms. The Morgan fingerprint density at radius 2 is 1.96 bits per heavy atom. The number of carbonyl (C=O) groups excluding carboxylic acids is 1. The number of hydrogen-bond acceptors (Lipinski definition) is 3. The van der Waals surface area contributed by atoms with Crippen molar-refractivity contribution >= 4 is 28.9 Å². The molecule has 5 nitrogen and oxygen atoms in total. The second-order valence-electron chi connectivity index (χ2n) is 6.15. The van der Waals surface area contributed by atoms with Crippen LogP contribution in [0.4, 0.5) is 5.69 Å². The Morgan fingerprint density at radius 3 is 2.77 bits per heavy atom.